The van der Waals surface area contributed by atoms with Gasteiger partial charge in [-0.15, -0.1) is 0 Å². The van der Waals surface area contributed by atoms with Gasteiger partial charge in [-0.25, -0.2) is 0 Å². The Hall–Kier alpha value is -2.88. The maximum absolute atomic E-state index is 12.7. The number of rotatable bonds is 8. The van der Waals surface area contributed by atoms with E-state index in [0.717, 1.165) is 11.1 Å². The second kappa shape index (κ2) is 10.3. The van der Waals surface area contributed by atoms with Crippen LogP contribution in [0.4, 0.5) is 0 Å². The molecule has 0 saturated carbocycles. The average molecular weight is 365 g/mol. The fraction of sp³-hybridized carbons (Fsp3) is 0.304. The van der Waals surface area contributed by atoms with Gasteiger partial charge in [-0.1, -0.05) is 68.4 Å². The van der Waals surface area contributed by atoms with Crippen molar-refractivity contribution in [2.24, 2.45) is 0 Å². The van der Waals surface area contributed by atoms with E-state index in [1.807, 2.05) is 48.5 Å². The van der Waals surface area contributed by atoms with Crippen molar-refractivity contribution in [2.75, 3.05) is 13.7 Å². The molecular weight excluding hydrogens is 338 g/mol. The van der Waals surface area contributed by atoms with Crippen molar-refractivity contribution in [3.63, 3.8) is 0 Å². The molecule has 2 aromatic carbocycles. The average Bonchev–Trinajstić information content (AvgIpc) is 2.70. The number of methoxy groups -OCH3 is 1. The number of esters is 1. The van der Waals surface area contributed by atoms with Crippen LogP contribution < -0.4 is 0 Å². The monoisotopic (exact) mass is 365 g/mol. The summed E-state index contributed by atoms with van der Waals surface area (Å²) in [5, 5.41) is 0. The fourth-order valence-corrected chi connectivity index (χ4v) is 2.66. The van der Waals surface area contributed by atoms with Gasteiger partial charge < -0.3 is 9.64 Å². The number of benzene rings is 2. The van der Waals surface area contributed by atoms with Crippen LogP contribution in [0.1, 0.15) is 42.9 Å². The number of hydrogen-bond donors (Lipinski definition) is 0. The number of carbonyl (C=O) groups is 2. The molecule has 0 N–H and O–H groups in total. The van der Waals surface area contributed by atoms with Crippen molar-refractivity contribution in [3.8, 4) is 0 Å². The summed E-state index contributed by atoms with van der Waals surface area (Å²) >= 11 is 0. The first-order chi connectivity index (χ1) is 13.0. The van der Waals surface area contributed by atoms with Gasteiger partial charge in [0.1, 0.15) is 0 Å². The van der Waals surface area contributed by atoms with E-state index in [0.29, 0.717) is 19.0 Å². The Balaban J connectivity index is 2.07. The number of carbonyl (C=O) groups excluding carboxylic acids is 2. The maximum Gasteiger partial charge on any atom is 0.307 e. The fourth-order valence-electron chi connectivity index (χ4n) is 2.66. The van der Waals surface area contributed by atoms with Crippen LogP contribution in [0.25, 0.3) is 6.08 Å². The molecule has 0 heterocycles. The van der Waals surface area contributed by atoms with Gasteiger partial charge >= 0.3 is 5.97 Å². The van der Waals surface area contributed by atoms with Gasteiger partial charge in [0.2, 0.25) is 5.91 Å². The Bertz CT molecular complexity index is 764. The third-order valence-corrected chi connectivity index (χ3v) is 4.36. The molecule has 0 saturated heterocycles. The Morgan fingerprint density at radius 2 is 1.70 bits per heavy atom. The minimum absolute atomic E-state index is 0.129. The molecule has 0 spiro atoms. The number of hydrogen-bond acceptors (Lipinski definition) is 3. The zero-order valence-corrected chi connectivity index (χ0v) is 16.2. The third-order valence-electron chi connectivity index (χ3n) is 4.36. The lowest BCUT2D eigenvalue weighted by Crippen LogP contribution is -2.31. The van der Waals surface area contributed by atoms with E-state index in [2.05, 4.69) is 26.0 Å². The Morgan fingerprint density at radius 1 is 1.04 bits per heavy atom. The first-order valence-corrected chi connectivity index (χ1v) is 9.17. The van der Waals surface area contributed by atoms with Crippen LogP contribution >= 0.6 is 0 Å². The van der Waals surface area contributed by atoms with Gasteiger partial charge in [-0.2, -0.15) is 0 Å². The predicted molar refractivity (Wildman–Crippen MR) is 108 cm³/mol. The largest absolute Gasteiger partial charge is 0.469 e. The normalized spacial score (nSPS) is 11.0. The van der Waals surface area contributed by atoms with Gasteiger partial charge in [0.25, 0.3) is 0 Å². The molecule has 0 bridgehead atoms. The van der Waals surface area contributed by atoms with Crippen LogP contribution in [-0.4, -0.2) is 30.4 Å². The lowest BCUT2D eigenvalue weighted by atomic mass is 10.0. The number of amides is 1. The molecule has 27 heavy (non-hydrogen) atoms. The van der Waals surface area contributed by atoms with Crippen LogP contribution in [0.15, 0.2) is 60.7 Å². The summed E-state index contributed by atoms with van der Waals surface area (Å²) in [7, 11) is 1.35. The van der Waals surface area contributed by atoms with Gasteiger partial charge in [-0.3, -0.25) is 9.59 Å². The molecule has 0 aliphatic rings. The first-order valence-electron chi connectivity index (χ1n) is 9.17. The lowest BCUT2D eigenvalue weighted by Gasteiger charge is -2.21. The smallest absolute Gasteiger partial charge is 0.307 e. The van der Waals surface area contributed by atoms with Crippen molar-refractivity contribution in [2.45, 2.75) is 32.7 Å². The molecule has 0 radical (unpaired) electrons. The zero-order valence-electron chi connectivity index (χ0n) is 16.2. The molecule has 0 aromatic heterocycles. The SMILES string of the molecule is COC(=O)CCN(Cc1ccccc1)C(=O)/C=C/c1ccc(C(C)C)cc1. The molecule has 2 rings (SSSR count). The van der Waals surface area contributed by atoms with Crippen molar-refractivity contribution >= 4 is 18.0 Å². The highest BCUT2D eigenvalue weighted by Crippen LogP contribution is 2.15. The molecule has 2 aromatic rings. The van der Waals surface area contributed by atoms with Crippen LogP contribution in [0.5, 0.6) is 0 Å². The van der Waals surface area contributed by atoms with E-state index in [4.69, 9.17) is 4.74 Å². The van der Waals surface area contributed by atoms with Crippen molar-refractivity contribution < 1.29 is 14.3 Å². The minimum atomic E-state index is -0.325. The quantitative estimate of drug-likeness (QED) is 0.514. The van der Waals surface area contributed by atoms with E-state index >= 15 is 0 Å². The van der Waals surface area contributed by atoms with Crippen LogP contribution in [0, 0.1) is 0 Å². The molecule has 0 unspecified atom stereocenters. The van der Waals surface area contributed by atoms with Crippen molar-refractivity contribution in [1.29, 1.82) is 0 Å². The van der Waals surface area contributed by atoms with Crippen LogP contribution in [0.2, 0.25) is 0 Å². The summed E-state index contributed by atoms with van der Waals surface area (Å²) in [6, 6.07) is 17.9. The molecule has 4 heteroatoms. The minimum Gasteiger partial charge on any atom is -0.469 e. The first kappa shape index (κ1) is 20.4. The summed E-state index contributed by atoms with van der Waals surface area (Å²) in [6.45, 7) is 5.07. The summed E-state index contributed by atoms with van der Waals surface area (Å²) in [4.78, 5) is 25.8. The van der Waals surface area contributed by atoms with Gasteiger partial charge in [0, 0.05) is 19.2 Å². The Morgan fingerprint density at radius 3 is 2.30 bits per heavy atom. The highest BCUT2D eigenvalue weighted by atomic mass is 16.5. The molecule has 0 fully saturated rings. The molecular formula is C23H27NO3. The maximum atomic E-state index is 12.7. The standard InChI is InChI=1S/C23H27NO3/c1-18(2)21-12-9-19(10-13-21)11-14-22(25)24(16-15-23(26)27-3)17-20-7-5-4-6-8-20/h4-14,18H,15-17H2,1-3H3/b14-11+. The lowest BCUT2D eigenvalue weighted by molar-refractivity contribution is -0.141. The van der Waals surface area contributed by atoms with Gasteiger partial charge in [-0.05, 0) is 28.7 Å². The van der Waals surface area contributed by atoms with Crippen molar-refractivity contribution in [1.82, 2.24) is 4.90 Å². The summed E-state index contributed by atoms with van der Waals surface area (Å²) in [5.74, 6) is 0.0224. The number of nitrogens with zero attached hydrogens (tertiary/aromatic N) is 1. The van der Waals surface area contributed by atoms with Crippen LogP contribution in [0.3, 0.4) is 0 Å². The van der Waals surface area contributed by atoms with Gasteiger partial charge in [0.05, 0.1) is 13.5 Å². The second-order valence-electron chi connectivity index (χ2n) is 6.73. The Labute approximate surface area is 161 Å². The molecule has 4 nitrogen and oxygen atoms in total. The van der Waals surface area contributed by atoms with Gasteiger partial charge in [0.15, 0.2) is 0 Å². The van der Waals surface area contributed by atoms with E-state index < -0.39 is 0 Å². The topological polar surface area (TPSA) is 46.6 Å². The van der Waals surface area contributed by atoms with E-state index in [1.165, 1.54) is 12.7 Å². The summed E-state index contributed by atoms with van der Waals surface area (Å²) < 4.78 is 4.70. The molecule has 1 amide bonds. The second-order valence-corrected chi connectivity index (χ2v) is 6.73. The highest BCUT2D eigenvalue weighted by molar-refractivity contribution is 5.92. The van der Waals surface area contributed by atoms with Crippen LogP contribution in [-0.2, 0) is 20.9 Å². The van der Waals surface area contributed by atoms with E-state index in [-0.39, 0.29) is 18.3 Å². The highest BCUT2D eigenvalue weighted by Gasteiger charge is 2.13. The molecule has 0 aliphatic heterocycles. The Kier molecular flexibility index (Phi) is 7.80. The summed E-state index contributed by atoms with van der Waals surface area (Å²) in [6.07, 6.45) is 3.54. The molecule has 0 atom stereocenters. The van der Waals surface area contributed by atoms with E-state index in [1.54, 1.807) is 11.0 Å². The third kappa shape index (κ3) is 6.74. The van der Waals surface area contributed by atoms with E-state index in [9.17, 15) is 9.59 Å². The predicted octanol–water partition coefficient (Wildman–Crippen LogP) is 4.42. The molecule has 0 aliphatic carbocycles. The molecule has 142 valence electrons. The van der Waals surface area contributed by atoms with Crippen molar-refractivity contribution in [3.05, 3.63) is 77.4 Å². The number of ether oxygens (including phenoxy) is 1. The zero-order chi connectivity index (χ0) is 19.6. The summed E-state index contributed by atoms with van der Waals surface area (Å²) in [5.41, 5.74) is 3.26.